The third kappa shape index (κ3) is 3.85. The van der Waals surface area contributed by atoms with Crippen molar-refractivity contribution in [1.82, 2.24) is 4.90 Å². The summed E-state index contributed by atoms with van der Waals surface area (Å²) < 4.78 is 13.3. The van der Waals surface area contributed by atoms with Crippen LogP contribution in [0.5, 0.6) is 0 Å². The Kier molecular flexibility index (Phi) is 5.02. The fourth-order valence-corrected chi connectivity index (χ4v) is 2.29. The van der Waals surface area contributed by atoms with Crippen molar-refractivity contribution >= 4 is 18.5 Å². The van der Waals surface area contributed by atoms with Gasteiger partial charge in [-0.15, -0.1) is 12.6 Å². The summed E-state index contributed by atoms with van der Waals surface area (Å²) in [6, 6.07) is 14.1. The Labute approximate surface area is 130 Å². The molecule has 0 aliphatic rings. The van der Waals surface area contributed by atoms with E-state index in [1.807, 2.05) is 44.2 Å². The molecule has 2 aromatic rings. The first-order chi connectivity index (χ1) is 9.99. The number of rotatable bonds is 4. The highest BCUT2D eigenvalue weighted by molar-refractivity contribution is 7.80. The molecule has 0 radical (unpaired) electrons. The van der Waals surface area contributed by atoms with Gasteiger partial charge in [-0.05, 0) is 37.6 Å². The zero-order valence-electron chi connectivity index (χ0n) is 12.1. The lowest BCUT2D eigenvalue weighted by molar-refractivity contribution is 0.0690. The van der Waals surface area contributed by atoms with Gasteiger partial charge in [0.1, 0.15) is 5.82 Å². The Morgan fingerprint density at radius 2 is 1.86 bits per heavy atom. The average molecular weight is 303 g/mol. The van der Waals surface area contributed by atoms with Crippen molar-refractivity contribution in [2.24, 2.45) is 0 Å². The van der Waals surface area contributed by atoms with Crippen LogP contribution in [-0.2, 0) is 6.54 Å². The molecule has 110 valence electrons. The van der Waals surface area contributed by atoms with E-state index in [2.05, 4.69) is 12.6 Å². The van der Waals surface area contributed by atoms with E-state index in [0.717, 1.165) is 5.56 Å². The first-order valence-electron chi connectivity index (χ1n) is 6.82. The fourth-order valence-electron chi connectivity index (χ4n) is 2.08. The molecule has 0 spiro atoms. The highest BCUT2D eigenvalue weighted by Gasteiger charge is 2.19. The van der Waals surface area contributed by atoms with Gasteiger partial charge in [0.05, 0.1) is 0 Å². The van der Waals surface area contributed by atoms with Crippen LogP contribution in [0.3, 0.4) is 0 Å². The molecule has 1 amide bonds. The van der Waals surface area contributed by atoms with Crippen LogP contribution < -0.4 is 0 Å². The lowest BCUT2D eigenvalue weighted by Crippen LogP contribution is -2.36. The van der Waals surface area contributed by atoms with Crippen LogP contribution in [0, 0.1) is 5.82 Å². The summed E-state index contributed by atoms with van der Waals surface area (Å²) in [5.41, 5.74) is 1.51. The van der Waals surface area contributed by atoms with Gasteiger partial charge in [-0.3, -0.25) is 4.79 Å². The highest BCUT2D eigenvalue weighted by atomic mass is 32.1. The summed E-state index contributed by atoms with van der Waals surface area (Å²) in [5.74, 6) is -0.543. The van der Waals surface area contributed by atoms with Crippen molar-refractivity contribution in [3.63, 3.8) is 0 Å². The monoisotopic (exact) mass is 303 g/mol. The molecule has 2 rings (SSSR count). The second-order valence-corrected chi connectivity index (χ2v) is 5.66. The summed E-state index contributed by atoms with van der Waals surface area (Å²) in [4.78, 5) is 14.6. The van der Waals surface area contributed by atoms with Gasteiger partial charge in [0.25, 0.3) is 5.91 Å². The minimum atomic E-state index is -0.422. The van der Waals surface area contributed by atoms with Gasteiger partial charge in [-0.1, -0.05) is 30.3 Å². The van der Waals surface area contributed by atoms with Crippen molar-refractivity contribution in [2.75, 3.05) is 0 Å². The molecule has 0 heterocycles. The van der Waals surface area contributed by atoms with E-state index < -0.39 is 5.82 Å². The van der Waals surface area contributed by atoms with Crippen molar-refractivity contribution in [3.05, 3.63) is 65.5 Å². The normalized spacial score (nSPS) is 10.7. The van der Waals surface area contributed by atoms with Crippen LogP contribution >= 0.6 is 12.6 Å². The van der Waals surface area contributed by atoms with E-state index >= 15 is 0 Å². The highest BCUT2D eigenvalue weighted by Crippen LogP contribution is 2.18. The third-order valence-electron chi connectivity index (χ3n) is 3.27. The molecule has 0 unspecified atom stereocenters. The number of benzene rings is 2. The molecule has 0 saturated carbocycles. The maximum atomic E-state index is 13.3. The number of hydrogen-bond donors (Lipinski definition) is 1. The number of halogens is 1. The first kappa shape index (κ1) is 15.6. The van der Waals surface area contributed by atoms with Gasteiger partial charge in [0.2, 0.25) is 0 Å². The van der Waals surface area contributed by atoms with Gasteiger partial charge in [-0.25, -0.2) is 4.39 Å². The van der Waals surface area contributed by atoms with Gasteiger partial charge < -0.3 is 4.90 Å². The molecule has 0 aliphatic heterocycles. The SMILES string of the molecule is CC(C)N(Cc1ccccc1)C(=O)c1ccc(F)c(S)c1. The molecule has 2 nitrogen and oxygen atoms in total. The first-order valence-corrected chi connectivity index (χ1v) is 7.27. The van der Waals surface area contributed by atoms with E-state index in [4.69, 9.17) is 0 Å². The molecule has 0 atom stereocenters. The molecular weight excluding hydrogens is 285 g/mol. The van der Waals surface area contributed by atoms with Gasteiger partial charge in [0, 0.05) is 23.0 Å². The predicted molar refractivity (Wildman–Crippen MR) is 85.1 cm³/mol. The molecule has 2 aromatic carbocycles. The Hall–Kier alpha value is -1.81. The average Bonchev–Trinajstić information content (AvgIpc) is 2.47. The third-order valence-corrected chi connectivity index (χ3v) is 3.62. The molecule has 0 bridgehead atoms. The number of thiol groups is 1. The molecule has 0 aromatic heterocycles. The van der Waals surface area contributed by atoms with E-state index in [1.54, 1.807) is 4.90 Å². The van der Waals surface area contributed by atoms with Gasteiger partial charge in [0.15, 0.2) is 0 Å². The number of carbonyl (C=O) groups excluding carboxylic acids is 1. The van der Waals surface area contributed by atoms with Crippen molar-refractivity contribution in [2.45, 2.75) is 31.3 Å². The zero-order valence-corrected chi connectivity index (χ0v) is 13.0. The van der Waals surface area contributed by atoms with Gasteiger partial charge >= 0.3 is 0 Å². The lowest BCUT2D eigenvalue weighted by Gasteiger charge is -2.27. The quantitative estimate of drug-likeness (QED) is 0.841. The second kappa shape index (κ2) is 6.76. The number of hydrogen-bond acceptors (Lipinski definition) is 2. The fraction of sp³-hybridized carbons (Fsp3) is 0.235. The van der Waals surface area contributed by atoms with E-state index in [0.29, 0.717) is 12.1 Å². The van der Waals surface area contributed by atoms with Crippen molar-refractivity contribution in [1.29, 1.82) is 0 Å². The summed E-state index contributed by atoms with van der Waals surface area (Å²) >= 11 is 4.04. The zero-order chi connectivity index (χ0) is 15.4. The molecule has 0 N–H and O–H groups in total. The summed E-state index contributed by atoms with van der Waals surface area (Å²) in [5, 5.41) is 0. The topological polar surface area (TPSA) is 20.3 Å². The van der Waals surface area contributed by atoms with Crippen LogP contribution in [0.15, 0.2) is 53.4 Å². The van der Waals surface area contributed by atoms with Gasteiger partial charge in [-0.2, -0.15) is 0 Å². The number of nitrogens with zero attached hydrogens (tertiary/aromatic N) is 1. The smallest absolute Gasteiger partial charge is 0.254 e. The molecule has 0 aliphatic carbocycles. The van der Waals surface area contributed by atoms with Crippen molar-refractivity contribution in [3.8, 4) is 0 Å². The number of amides is 1. The molecule has 0 saturated heterocycles. The lowest BCUT2D eigenvalue weighted by atomic mass is 10.1. The van der Waals surface area contributed by atoms with Crippen LogP contribution in [0.4, 0.5) is 4.39 Å². The number of carbonyl (C=O) groups is 1. The summed E-state index contributed by atoms with van der Waals surface area (Å²) in [7, 11) is 0. The van der Waals surface area contributed by atoms with E-state index in [9.17, 15) is 9.18 Å². The Morgan fingerprint density at radius 1 is 1.19 bits per heavy atom. The van der Waals surface area contributed by atoms with E-state index in [-0.39, 0.29) is 16.8 Å². The summed E-state index contributed by atoms with van der Waals surface area (Å²) in [6.45, 7) is 4.45. The maximum Gasteiger partial charge on any atom is 0.254 e. The van der Waals surface area contributed by atoms with Crippen LogP contribution in [0.2, 0.25) is 0 Å². The molecular formula is C17H18FNOS. The minimum absolute atomic E-state index is 0.0473. The van der Waals surface area contributed by atoms with E-state index in [1.165, 1.54) is 18.2 Å². The van der Waals surface area contributed by atoms with Crippen LogP contribution in [-0.4, -0.2) is 16.8 Å². The van der Waals surface area contributed by atoms with Crippen LogP contribution in [0.1, 0.15) is 29.8 Å². The van der Waals surface area contributed by atoms with Crippen molar-refractivity contribution < 1.29 is 9.18 Å². The molecule has 21 heavy (non-hydrogen) atoms. The largest absolute Gasteiger partial charge is 0.332 e. The molecule has 0 fully saturated rings. The Bertz CT molecular complexity index is 628. The molecule has 4 heteroatoms. The summed E-state index contributed by atoms with van der Waals surface area (Å²) in [6.07, 6.45) is 0. The maximum absolute atomic E-state index is 13.3. The minimum Gasteiger partial charge on any atom is -0.332 e. The predicted octanol–water partition coefficient (Wildman–Crippen LogP) is 4.17. The van der Waals surface area contributed by atoms with Crippen LogP contribution in [0.25, 0.3) is 0 Å². The Balaban J connectivity index is 2.25. The second-order valence-electron chi connectivity index (χ2n) is 5.18. The standard InChI is InChI=1S/C17H18FNOS/c1-12(2)19(11-13-6-4-3-5-7-13)17(20)14-8-9-15(18)16(21)10-14/h3-10,12,21H,11H2,1-2H3. The Morgan fingerprint density at radius 3 is 2.43 bits per heavy atom.